The van der Waals surface area contributed by atoms with Crippen molar-refractivity contribution in [2.75, 3.05) is 12.4 Å². The molecule has 2 aromatic rings. The molecule has 0 atom stereocenters. The molecule has 8 heteroatoms. The number of methoxy groups -OCH3 is 1. The molecule has 0 aliphatic rings. The zero-order valence-corrected chi connectivity index (χ0v) is 14.3. The normalized spacial score (nSPS) is 11.6. The first kappa shape index (κ1) is 19.4. The molecule has 0 heterocycles. The van der Waals surface area contributed by atoms with E-state index in [-0.39, 0.29) is 22.2 Å². The summed E-state index contributed by atoms with van der Waals surface area (Å²) in [5, 5.41) is 11.8. The summed E-state index contributed by atoms with van der Waals surface area (Å²) < 4.78 is 42.0. The largest absolute Gasteiger partial charge is 0.497 e. The minimum Gasteiger partial charge on any atom is -0.497 e. The molecule has 0 aliphatic carbocycles. The van der Waals surface area contributed by atoms with Gasteiger partial charge in [0.15, 0.2) is 0 Å². The van der Waals surface area contributed by atoms with Crippen LogP contribution in [-0.4, -0.2) is 18.5 Å². The Balaban J connectivity index is 2.13. The highest BCUT2D eigenvalue weighted by Gasteiger charge is 2.28. The first-order valence-corrected chi connectivity index (χ1v) is 8.05. The molecule has 0 aromatic heterocycles. The highest BCUT2D eigenvalue weighted by Crippen LogP contribution is 2.36. The van der Waals surface area contributed by atoms with Crippen LogP contribution in [0.2, 0.25) is 0 Å². The molecule has 0 unspecified atom stereocenters. The van der Waals surface area contributed by atoms with Crippen molar-refractivity contribution >= 4 is 29.4 Å². The molecule has 0 saturated heterocycles. The second-order valence-corrected chi connectivity index (χ2v) is 6.11. The van der Waals surface area contributed by atoms with Crippen LogP contribution in [0.3, 0.4) is 0 Å². The molecule has 0 bridgehead atoms. The van der Waals surface area contributed by atoms with E-state index in [4.69, 9.17) is 4.74 Å². The van der Waals surface area contributed by atoms with Crippen LogP contribution in [0.4, 0.5) is 18.9 Å². The van der Waals surface area contributed by atoms with E-state index >= 15 is 0 Å². The second kappa shape index (κ2) is 8.45. The smallest absolute Gasteiger partial charge is 0.446 e. The van der Waals surface area contributed by atoms with Crippen molar-refractivity contribution in [3.8, 4) is 11.8 Å². The monoisotopic (exact) mass is 378 g/mol. The van der Waals surface area contributed by atoms with Crippen LogP contribution < -0.4 is 10.1 Å². The van der Waals surface area contributed by atoms with E-state index in [2.05, 4.69) is 5.32 Å². The molecule has 4 nitrogen and oxygen atoms in total. The number of thioether (sulfide) groups is 1. The van der Waals surface area contributed by atoms with Crippen molar-refractivity contribution in [2.24, 2.45) is 0 Å². The Morgan fingerprint density at radius 3 is 2.50 bits per heavy atom. The van der Waals surface area contributed by atoms with Crippen LogP contribution in [0, 0.1) is 11.3 Å². The number of nitrogens with one attached hydrogen (secondary N) is 1. The molecule has 0 aliphatic heterocycles. The number of rotatable bonds is 5. The van der Waals surface area contributed by atoms with Crippen LogP contribution in [0.1, 0.15) is 5.56 Å². The molecule has 0 radical (unpaired) electrons. The van der Waals surface area contributed by atoms with E-state index in [9.17, 15) is 23.2 Å². The number of hydrogen-bond donors (Lipinski definition) is 1. The van der Waals surface area contributed by atoms with Gasteiger partial charge in [-0.25, -0.2) is 0 Å². The van der Waals surface area contributed by atoms with Crippen molar-refractivity contribution in [2.45, 2.75) is 10.4 Å². The van der Waals surface area contributed by atoms with Gasteiger partial charge in [0.25, 0.3) is 5.91 Å². The SMILES string of the molecule is COc1cccc(NC(=O)/C(C#N)=C/c2ccc(SC(F)(F)F)cc2)c1. The molecule has 0 fully saturated rings. The van der Waals surface area contributed by atoms with Gasteiger partial charge in [-0.3, -0.25) is 4.79 Å². The number of carbonyl (C=O) groups excluding carboxylic acids is 1. The molecule has 26 heavy (non-hydrogen) atoms. The molecule has 1 amide bonds. The Morgan fingerprint density at radius 2 is 1.92 bits per heavy atom. The predicted octanol–water partition coefficient (Wildman–Crippen LogP) is 4.85. The van der Waals surface area contributed by atoms with Crippen LogP contribution in [-0.2, 0) is 4.79 Å². The average Bonchev–Trinajstić information content (AvgIpc) is 2.59. The summed E-state index contributed by atoms with van der Waals surface area (Å²) in [7, 11) is 1.49. The van der Waals surface area contributed by atoms with Gasteiger partial charge >= 0.3 is 5.51 Å². The van der Waals surface area contributed by atoms with E-state index in [1.54, 1.807) is 30.3 Å². The van der Waals surface area contributed by atoms with E-state index in [0.717, 1.165) is 0 Å². The van der Waals surface area contributed by atoms with Crippen LogP contribution in [0.5, 0.6) is 5.75 Å². The van der Waals surface area contributed by atoms with Crippen molar-refractivity contribution < 1.29 is 22.7 Å². The lowest BCUT2D eigenvalue weighted by atomic mass is 10.1. The Kier molecular flexibility index (Phi) is 6.31. The van der Waals surface area contributed by atoms with Crippen molar-refractivity contribution in [3.05, 3.63) is 59.7 Å². The number of benzene rings is 2. The van der Waals surface area contributed by atoms with Gasteiger partial charge in [-0.1, -0.05) is 18.2 Å². The molecular weight excluding hydrogens is 365 g/mol. The maximum absolute atomic E-state index is 12.3. The molecule has 2 aromatic carbocycles. The summed E-state index contributed by atoms with van der Waals surface area (Å²) >= 11 is -0.231. The summed E-state index contributed by atoms with van der Waals surface area (Å²) in [4.78, 5) is 12.2. The fourth-order valence-electron chi connectivity index (χ4n) is 1.98. The van der Waals surface area contributed by atoms with Gasteiger partial charge in [0.1, 0.15) is 17.4 Å². The summed E-state index contributed by atoms with van der Waals surface area (Å²) in [6, 6.07) is 13.8. The first-order chi connectivity index (χ1) is 12.3. The van der Waals surface area contributed by atoms with Crippen molar-refractivity contribution in [1.29, 1.82) is 5.26 Å². The number of ether oxygens (including phenoxy) is 1. The fourth-order valence-corrected chi connectivity index (χ4v) is 2.52. The van der Waals surface area contributed by atoms with Gasteiger partial charge in [0.2, 0.25) is 0 Å². The maximum atomic E-state index is 12.3. The second-order valence-electron chi connectivity index (χ2n) is 4.97. The summed E-state index contributed by atoms with van der Waals surface area (Å²) in [6.07, 6.45) is 1.30. The summed E-state index contributed by atoms with van der Waals surface area (Å²) in [5.74, 6) is -0.0856. The van der Waals surface area contributed by atoms with E-state index < -0.39 is 11.4 Å². The number of anilines is 1. The zero-order valence-electron chi connectivity index (χ0n) is 13.5. The van der Waals surface area contributed by atoms with Gasteiger partial charge < -0.3 is 10.1 Å². The quantitative estimate of drug-likeness (QED) is 0.459. The van der Waals surface area contributed by atoms with E-state index in [1.165, 1.54) is 37.5 Å². The lowest BCUT2D eigenvalue weighted by molar-refractivity contribution is -0.112. The molecular formula is C18H13F3N2O2S. The Morgan fingerprint density at radius 1 is 1.23 bits per heavy atom. The number of nitrogens with zero attached hydrogens (tertiary/aromatic N) is 1. The lowest BCUT2D eigenvalue weighted by Crippen LogP contribution is -2.13. The number of nitriles is 1. The topological polar surface area (TPSA) is 62.1 Å². The van der Waals surface area contributed by atoms with E-state index in [0.29, 0.717) is 17.0 Å². The molecule has 0 spiro atoms. The Hall–Kier alpha value is -2.92. The number of carbonyl (C=O) groups is 1. The van der Waals surface area contributed by atoms with Gasteiger partial charge in [0, 0.05) is 16.6 Å². The van der Waals surface area contributed by atoms with Crippen molar-refractivity contribution in [3.63, 3.8) is 0 Å². The molecule has 0 saturated carbocycles. The highest BCUT2D eigenvalue weighted by molar-refractivity contribution is 8.00. The van der Waals surface area contributed by atoms with Gasteiger partial charge in [-0.2, -0.15) is 18.4 Å². The Bertz CT molecular complexity index is 856. The summed E-state index contributed by atoms with van der Waals surface area (Å²) in [5.41, 5.74) is -3.66. The molecule has 2 rings (SSSR count). The maximum Gasteiger partial charge on any atom is 0.446 e. The fraction of sp³-hybridized carbons (Fsp3) is 0.111. The third kappa shape index (κ3) is 5.86. The van der Waals surface area contributed by atoms with Gasteiger partial charge in [-0.05, 0) is 47.7 Å². The van der Waals surface area contributed by atoms with Gasteiger partial charge in [0.05, 0.1) is 7.11 Å². The van der Waals surface area contributed by atoms with Crippen LogP contribution >= 0.6 is 11.8 Å². The number of halogens is 3. The molecule has 134 valence electrons. The number of amides is 1. The predicted molar refractivity (Wildman–Crippen MR) is 93.6 cm³/mol. The third-order valence-electron chi connectivity index (χ3n) is 3.12. The van der Waals surface area contributed by atoms with Crippen LogP contribution in [0.15, 0.2) is 59.0 Å². The zero-order chi connectivity index (χ0) is 19.2. The van der Waals surface area contributed by atoms with Gasteiger partial charge in [-0.15, -0.1) is 0 Å². The first-order valence-electron chi connectivity index (χ1n) is 7.24. The van der Waals surface area contributed by atoms with E-state index in [1.807, 2.05) is 0 Å². The minimum atomic E-state index is -4.37. The third-order valence-corrected chi connectivity index (χ3v) is 3.86. The van der Waals surface area contributed by atoms with Crippen molar-refractivity contribution in [1.82, 2.24) is 0 Å². The average molecular weight is 378 g/mol. The number of hydrogen-bond acceptors (Lipinski definition) is 4. The lowest BCUT2D eigenvalue weighted by Gasteiger charge is -2.07. The highest BCUT2D eigenvalue weighted by atomic mass is 32.2. The van der Waals surface area contributed by atoms with Crippen LogP contribution in [0.25, 0.3) is 6.08 Å². The number of alkyl halides is 3. The standard InChI is InChI=1S/C18H13F3N2O2S/c1-25-15-4-2-3-14(10-15)23-17(24)13(11-22)9-12-5-7-16(8-6-12)26-18(19,20)21/h2-10H,1H3,(H,23,24)/b13-9+. The summed E-state index contributed by atoms with van der Waals surface area (Å²) in [6.45, 7) is 0. The minimum absolute atomic E-state index is 0.0222. The molecule has 1 N–H and O–H groups in total. The Labute approximate surface area is 152 Å².